The number of nitrogens with zero attached hydrogens (tertiary/aromatic N) is 2. The molecule has 0 aromatic carbocycles. The quantitative estimate of drug-likeness (QED) is 0.923. The molecule has 1 aliphatic carbocycles. The zero-order valence-corrected chi connectivity index (χ0v) is 13.2. The lowest BCUT2D eigenvalue weighted by Gasteiger charge is -2.26. The van der Waals surface area contributed by atoms with E-state index in [1.54, 1.807) is 13.2 Å². The highest BCUT2D eigenvalue weighted by Gasteiger charge is 2.17. The number of hydrogen-bond donors (Lipinski definition) is 1. The van der Waals surface area contributed by atoms with E-state index in [4.69, 9.17) is 0 Å². The molecule has 4 nitrogen and oxygen atoms in total. The van der Waals surface area contributed by atoms with E-state index in [0.717, 1.165) is 24.1 Å². The molecule has 106 valence electrons. The molecule has 0 bridgehead atoms. The second-order valence-corrected chi connectivity index (χ2v) is 6.44. The van der Waals surface area contributed by atoms with Crippen LogP contribution in [-0.4, -0.2) is 16.3 Å². The molecule has 0 radical (unpaired) electrons. The summed E-state index contributed by atoms with van der Waals surface area (Å²) in [6.07, 6.45) is 8.30. The maximum Gasteiger partial charge on any atom is 0.282 e. The minimum absolute atomic E-state index is 0.100. The lowest BCUT2D eigenvalue weighted by Crippen LogP contribution is -2.22. The molecular weight excluding hydrogens is 306 g/mol. The molecule has 1 fully saturated rings. The molecule has 1 aromatic heterocycles. The third-order valence-electron chi connectivity index (χ3n) is 4.08. The molecule has 1 aromatic rings. The van der Waals surface area contributed by atoms with Gasteiger partial charge < -0.3 is 5.32 Å². The SMILES string of the molecule is CC1CCC(CCNc2cnn(C)c(=O)c2Br)CC1. The van der Waals surface area contributed by atoms with Gasteiger partial charge in [-0.2, -0.15) is 5.10 Å². The number of aromatic nitrogens is 2. The standard InChI is InChI=1S/C14H22BrN3O/c1-10-3-5-11(6-4-10)7-8-16-12-9-17-18(2)14(19)13(12)15/h9-11,16H,3-8H2,1-2H3. The van der Waals surface area contributed by atoms with Gasteiger partial charge in [0.1, 0.15) is 4.47 Å². The molecule has 1 saturated carbocycles. The van der Waals surface area contributed by atoms with Crippen LogP contribution in [-0.2, 0) is 7.05 Å². The topological polar surface area (TPSA) is 46.9 Å². The molecular formula is C14H22BrN3O. The summed E-state index contributed by atoms with van der Waals surface area (Å²) in [5.41, 5.74) is 0.698. The average Bonchev–Trinajstić information content (AvgIpc) is 2.41. The smallest absolute Gasteiger partial charge is 0.282 e. The van der Waals surface area contributed by atoms with Crippen LogP contribution in [0.4, 0.5) is 5.69 Å². The molecule has 0 atom stereocenters. The minimum Gasteiger partial charge on any atom is -0.383 e. The predicted octanol–water partition coefficient (Wildman–Crippen LogP) is 3.17. The summed E-state index contributed by atoms with van der Waals surface area (Å²) < 4.78 is 1.90. The van der Waals surface area contributed by atoms with Crippen molar-refractivity contribution in [3.63, 3.8) is 0 Å². The molecule has 5 heteroatoms. The van der Waals surface area contributed by atoms with Crippen LogP contribution in [0.2, 0.25) is 0 Å². The second kappa shape index (κ2) is 6.55. The van der Waals surface area contributed by atoms with Gasteiger partial charge >= 0.3 is 0 Å². The van der Waals surface area contributed by atoms with Crippen molar-refractivity contribution in [1.82, 2.24) is 9.78 Å². The van der Waals surface area contributed by atoms with Crippen LogP contribution in [0.25, 0.3) is 0 Å². The van der Waals surface area contributed by atoms with E-state index in [0.29, 0.717) is 4.47 Å². The van der Waals surface area contributed by atoms with E-state index < -0.39 is 0 Å². The van der Waals surface area contributed by atoms with Gasteiger partial charge in [0.05, 0.1) is 11.9 Å². The van der Waals surface area contributed by atoms with Gasteiger partial charge in [-0.15, -0.1) is 0 Å². The maximum absolute atomic E-state index is 11.7. The fourth-order valence-corrected chi connectivity index (χ4v) is 3.16. The van der Waals surface area contributed by atoms with E-state index in [2.05, 4.69) is 33.3 Å². The Morgan fingerprint density at radius 1 is 1.42 bits per heavy atom. The molecule has 0 saturated heterocycles. The average molecular weight is 328 g/mol. The van der Waals surface area contributed by atoms with Crippen molar-refractivity contribution in [3.8, 4) is 0 Å². The summed E-state index contributed by atoms with van der Waals surface area (Å²) in [6.45, 7) is 3.25. The van der Waals surface area contributed by atoms with Crippen LogP contribution < -0.4 is 10.9 Å². The van der Waals surface area contributed by atoms with Gasteiger partial charge in [0.15, 0.2) is 0 Å². The van der Waals surface area contributed by atoms with Crippen LogP contribution >= 0.6 is 15.9 Å². The first-order valence-electron chi connectivity index (χ1n) is 7.03. The number of hydrogen-bond acceptors (Lipinski definition) is 3. The Labute approximate surface area is 122 Å². The van der Waals surface area contributed by atoms with Gasteiger partial charge in [0, 0.05) is 13.6 Å². The van der Waals surface area contributed by atoms with Crippen molar-refractivity contribution in [2.75, 3.05) is 11.9 Å². The Kier molecular flexibility index (Phi) is 5.02. The van der Waals surface area contributed by atoms with Gasteiger partial charge in [-0.3, -0.25) is 4.79 Å². The lowest BCUT2D eigenvalue weighted by atomic mass is 9.81. The third kappa shape index (κ3) is 3.81. The highest BCUT2D eigenvalue weighted by Crippen LogP contribution is 2.30. The molecule has 0 aliphatic heterocycles. The highest BCUT2D eigenvalue weighted by molar-refractivity contribution is 9.10. The van der Waals surface area contributed by atoms with E-state index >= 15 is 0 Å². The summed E-state index contributed by atoms with van der Waals surface area (Å²) >= 11 is 3.33. The Morgan fingerprint density at radius 3 is 2.79 bits per heavy atom. The molecule has 0 unspecified atom stereocenters. The number of anilines is 1. The molecule has 1 aliphatic rings. The van der Waals surface area contributed by atoms with Crippen molar-refractivity contribution in [2.45, 2.75) is 39.0 Å². The van der Waals surface area contributed by atoms with E-state index in [9.17, 15) is 4.79 Å². The van der Waals surface area contributed by atoms with Gasteiger partial charge in [0.2, 0.25) is 0 Å². The summed E-state index contributed by atoms with van der Waals surface area (Å²) in [7, 11) is 1.65. The number of aryl methyl sites for hydroxylation is 1. The summed E-state index contributed by atoms with van der Waals surface area (Å²) in [6, 6.07) is 0. The van der Waals surface area contributed by atoms with Gasteiger partial charge in [-0.25, -0.2) is 4.68 Å². The summed E-state index contributed by atoms with van der Waals surface area (Å²) in [5.74, 6) is 1.74. The zero-order chi connectivity index (χ0) is 13.8. The molecule has 2 rings (SSSR count). The lowest BCUT2D eigenvalue weighted by molar-refractivity contribution is 0.282. The summed E-state index contributed by atoms with van der Waals surface area (Å²) in [5, 5.41) is 7.34. The molecule has 0 amide bonds. The first-order chi connectivity index (χ1) is 9.08. The zero-order valence-electron chi connectivity index (χ0n) is 11.7. The van der Waals surface area contributed by atoms with Crippen LogP contribution in [0, 0.1) is 11.8 Å². The number of rotatable bonds is 4. The number of nitrogens with one attached hydrogen (secondary N) is 1. The van der Waals surface area contributed by atoms with Crippen molar-refractivity contribution in [2.24, 2.45) is 18.9 Å². The molecule has 0 spiro atoms. The normalized spacial score (nSPS) is 23.3. The highest BCUT2D eigenvalue weighted by atomic mass is 79.9. The molecule has 19 heavy (non-hydrogen) atoms. The van der Waals surface area contributed by atoms with E-state index in [1.807, 2.05) is 0 Å². The second-order valence-electron chi connectivity index (χ2n) is 5.64. The fourth-order valence-electron chi connectivity index (χ4n) is 2.66. The number of halogens is 1. The first kappa shape index (κ1) is 14.6. The van der Waals surface area contributed by atoms with Crippen LogP contribution in [0.5, 0.6) is 0 Å². The van der Waals surface area contributed by atoms with E-state index in [1.165, 1.54) is 36.8 Å². The van der Waals surface area contributed by atoms with Crippen molar-refractivity contribution in [1.29, 1.82) is 0 Å². The van der Waals surface area contributed by atoms with Gasteiger partial charge in [0.25, 0.3) is 5.56 Å². The Morgan fingerprint density at radius 2 is 2.11 bits per heavy atom. The maximum atomic E-state index is 11.7. The largest absolute Gasteiger partial charge is 0.383 e. The van der Waals surface area contributed by atoms with Crippen LogP contribution in [0.1, 0.15) is 39.0 Å². The minimum atomic E-state index is -0.100. The molecule has 1 N–H and O–H groups in total. The van der Waals surface area contributed by atoms with Crippen molar-refractivity contribution >= 4 is 21.6 Å². The fraction of sp³-hybridized carbons (Fsp3) is 0.714. The van der Waals surface area contributed by atoms with Crippen LogP contribution in [0.15, 0.2) is 15.5 Å². The van der Waals surface area contributed by atoms with Crippen molar-refractivity contribution < 1.29 is 0 Å². The van der Waals surface area contributed by atoms with E-state index in [-0.39, 0.29) is 5.56 Å². The Hall–Kier alpha value is -0.840. The van der Waals surface area contributed by atoms with Crippen LogP contribution in [0.3, 0.4) is 0 Å². The Balaban J connectivity index is 1.83. The van der Waals surface area contributed by atoms with Gasteiger partial charge in [-0.05, 0) is 34.2 Å². The van der Waals surface area contributed by atoms with Gasteiger partial charge in [-0.1, -0.05) is 32.6 Å². The van der Waals surface area contributed by atoms with Crippen molar-refractivity contribution in [3.05, 3.63) is 21.0 Å². The summed E-state index contributed by atoms with van der Waals surface area (Å²) in [4.78, 5) is 11.7. The third-order valence-corrected chi connectivity index (χ3v) is 4.85. The monoisotopic (exact) mass is 327 g/mol. The first-order valence-corrected chi connectivity index (χ1v) is 7.83. The molecule has 1 heterocycles. The predicted molar refractivity (Wildman–Crippen MR) is 81.4 cm³/mol. The Bertz CT molecular complexity index is 478.